The van der Waals surface area contributed by atoms with Gasteiger partial charge in [-0.2, -0.15) is 10.1 Å². The molecule has 0 aliphatic carbocycles. The number of rotatable bonds is 4. The van der Waals surface area contributed by atoms with E-state index in [0.717, 1.165) is 0 Å². The number of anilines is 1. The summed E-state index contributed by atoms with van der Waals surface area (Å²) in [5.41, 5.74) is 1.32. The molecule has 1 N–H and O–H groups in total. The van der Waals surface area contributed by atoms with Crippen molar-refractivity contribution in [3.8, 4) is 17.3 Å². The molecule has 22 heavy (non-hydrogen) atoms. The summed E-state index contributed by atoms with van der Waals surface area (Å²) in [6, 6.07) is 9.03. The maximum atomic E-state index is 11.6. The molecule has 0 unspecified atom stereocenters. The van der Waals surface area contributed by atoms with Gasteiger partial charge in [-0.25, -0.2) is 9.67 Å². The van der Waals surface area contributed by atoms with Gasteiger partial charge in [0.15, 0.2) is 0 Å². The molecule has 0 bridgehead atoms. The molecule has 110 valence electrons. The number of aromatic nitrogens is 5. The number of pyridine rings is 1. The maximum absolute atomic E-state index is 11.6. The van der Waals surface area contributed by atoms with E-state index in [2.05, 4.69) is 25.4 Å². The molecule has 0 spiro atoms. The fourth-order valence-corrected chi connectivity index (χ4v) is 1.86. The molecule has 7 nitrogen and oxygen atoms in total. The Balaban J connectivity index is 2.07. The van der Waals surface area contributed by atoms with Gasteiger partial charge in [-0.3, -0.25) is 9.78 Å². The molecule has 7 heteroatoms. The van der Waals surface area contributed by atoms with Gasteiger partial charge >= 0.3 is 0 Å². The van der Waals surface area contributed by atoms with Crippen molar-refractivity contribution in [2.45, 2.75) is 13.3 Å². The van der Waals surface area contributed by atoms with E-state index in [9.17, 15) is 4.79 Å². The number of hydrogen-bond donors (Lipinski definition) is 1. The van der Waals surface area contributed by atoms with Crippen molar-refractivity contribution >= 4 is 11.7 Å². The Hall–Kier alpha value is -3.09. The van der Waals surface area contributed by atoms with E-state index in [1.165, 1.54) is 4.68 Å². The molecule has 0 aliphatic rings. The van der Waals surface area contributed by atoms with Crippen molar-refractivity contribution in [2.75, 3.05) is 5.32 Å². The van der Waals surface area contributed by atoms with Gasteiger partial charge in [0, 0.05) is 31.1 Å². The Kier molecular flexibility index (Phi) is 3.86. The van der Waals surface area contributed by atoms with Crippen molar-refractivity contribution in [3.63, 3.8) is 0 Å². The van der Waals surface area contributed by atoms with Crippen LogP contribution >= 0.6 is 0 Å². The quantitative estimate of drug-likeness (QED) is 0.796. The molecule has 3 aromatic heterocycles. The zero-order chi connectivity index (χ0) is 15.4. The van der Waals surface area contributed by atoms with E-state index in [1.807, 2.05) is 18.2 Å². The van der Waals surface area contributed by atoms with Crippen LogP contribution in [0.5, 0.6) is 0 Å². The van der Waals surface area contributed by atoms with Crippen molar-refractivity contribution < 1.29 is 4.79 Å². The number of nitrogens with zero attached hydrogens (tertiary/aromatic N) is 5. The largest absolute Gasteiger partial charge is 0.311 e. The SMILES string of the molecule is CCC(=O)Nc1cc(-c2ccccn2)nc(-n2cccn2)n1. The van der Waals surface area contributed by atoms with Gasteiger partial charge in [-0.05, 0) is 18.2 Å². The van der Waals surface area contributed by atoms with Gasteiger partial charge < -0.3 is 5.32 Å². The number of hydrogen-bond acceptors (Lipinski definition) is 5. The summed E-state index contributed by atoms with van der Waals surface area (Å²) in [7, 11) is 0. The monoisotopic (exact) mass is 294 g/mol. The Morgan fingerprint density at radius 1 is 1.18 bits per heavy atom. The number of nitrogens with one attached hydrogen (secondary N) is 1. The Morgan fingerprint density at radius 2 is 2.09 bits per heavy atom. The minimum Gasteiger partial charge on any atom is -0.311 e. The van der Waals surface area contributed by atoms with Crippen LogP contribution in [-0.2, 0) is 4.79 Å². The van der Waals surface area contributed by atoms with Gasteiger partial charge in [-0.15, -0.1) is 0 Å². The van der Waals surface area contributed by atoms with Gasteiger partial charge in [0.25, 0.3) is 5.95 Å². The molecule has 0 atom stereocenters. The zero-order valence-corrected chi connectivity index (χ0v) is 12.0. The van der Waals surface area contributed by atoms with Gasteiger partial charge in [0.2, 0.25) is 5.91 Å². The summed E-state index contributed by atoms with van der Waals surface area (Å²) >= 11 is 0. The van der Waals surface area contributed by atoms with E-state index in [4.69, 9.17) is 0 Å². The molecule has 0 saturated heterocycles. The topological polar surface area (TPSA) is 85.6 Å². The molecule has 0 fully saturated rings. The van der Waals surface area contributed by atoms with Crippen molar-refractivity contribution in [3.05, 3.63) is 48.9 Å². The lowest BCUT2D eigenvalue weighted by Gasteiger charge is -2.08. The summed E-state index contributed by atoms with van der Waals surface area (Å²) in [5, 5.41) is 6.87. The highest BCUT2D eigenvalue weighted by Gasteiger charge is 2.10. The van der Waals surface area contributed by atoms with Crippen LogP contribution in [0.4, 0.5) is 5.82 Å². The van der Waals surface area contributed by atoms with Crippen LogP contribution in [0.2, 0.25) is 0 Å². The predicted octanol–water partition coefficient (Wildman–Crippen LogP) is 2.07. The van der Waals surface area contributed by atoms with E-state index in [0.29, 0.717) is 29.6 Å². The average molecular weight is 294 g/mol. The molecule has 3 rings (SSSR count). The lowest BCUT2D eigenvalue weighted by molar-refractivity contribution is -0.115. The predicted molar refractivity (Wildman–Crippen MR) is 81.3 cm³/mol. The van der Waals surface area contributed by atoms with Gasteiger partial charge in [-0.1, -0.05) is 13.0 Å². The second kappa shape index (κ2) is 6.13. The first kappa shape index (κ1) is 13.9. The summed E-state index contributed by atoms with van der Waals surface area (Å²) in [6.07, 6.45) is 5.44. The molecule has 0 aromatic carbocycles. The summed E-state index contributed by atoms with van der Waals surface area (Å²) < 4.78 is 1.54. The fraction of sp³-hybridized carbons (Fsp3) is 0.133. The smallest absolute Gasteiger partial charge is 0.253 e. The van der Waals surface area contributed by atoms with Crippen LogP contribution in [0.1, 0.15) is 13.3 Å². The van der Waals surface area contributed by atoms with Crippen molar-refractivity contribution in [1.29, 1.82) is 0 Å². The first-order valence-corrected chi connectivity index (χ1v) is 6.86. The first-order chi connectivity index (χ1) is 10.8. The van der Waals surface area contributed by atoms with Crippen LogP contribution in [0.3, 0.4) is 0 Å². The molecule has 0 aliphatic heterocycles. The summed E-state index contributed by atoms with van der Waals surface area (Å²) in [4.78, 5) is 24.7. The van der Waals surface area contributed by atoms with Gasteiger partial charge in [0.1, 0.15) is 5.82 Å². The highest BCUT2D eigenvalue weighted by molar-refractivity contribution is 5.90. The van der Waals surface area contributed by atoms with E-state index >= 15 is 0 Å². The van der Waals surface area contributed by atoms with E-state index < -0.39 is 0 Å². The second-order valence-electron chi connectivity index (χ2n) is 4.51. The van der Waals surface area contributed by atoms with E-state index in [1.54, 1.807) is 37.6 Å². The van der Waals surface area contributed by atoms with Crippen molar-refractivity contribution in [2.24, 2.45) is 0 Å². The third-order valence-electron chi connectivity index (χ3n) is 2.94. The fourth-order valence-electron chi connectivity index (χ4n) is 1.86. The average Bonchev–Trinajstić information content (AvgIpc) is 3.10. The minimum absolute atomic E-state index is 0.114. The number of carbonyl (C=O) groups is 1. The molecule has 3 aromatic rings. The minimum atomic E-state index is -0.114. The molecular weight excluding hydrogens is 280 g/mol. The lowest BCUT2D eigenvalue weighted by Crippen LogP contribution is -2.13. The molecular formula is C15H14N6O. The molecule has 0 saturated carbocycles. The maximum Gasteiger partial charge on any atom is 0.253 e. The van der Waals surface area contributed by atoms with Crippen LogP contribution in [0.15, 0.2) is 48.9 Å². The highest BCUT2D eigenvalue weighted by atomic mass is 16.1. The lowest BCUT2D eigenvalue weighted by atomic mass is 10.2. The van der Waals surface area contributed by atoms with Crippen LogP contribution in [0.25, 0.3) is 17.3 Å². The highest BCUT2D eigenvalue weighted by Crippen LogP contribution is 2.19. The van der Waals surface area contributed by atoms with Crippen LogP contribution < -0.4 is 5.32 Å². The third-order valence-corrected chi connectivity index (χ3v) is 2.94. The standard InChI is InChI=1S/C15H14N6O/c1-2-14(22)19-13-10-12(11-6-3-4-7-16-11)18-15(20-13)21-9-5-8-17-21/h3-10H,2H2,1H3,(H,18,19,20,22). The summed E-state index contributed by atoms with van der Waals surface area (Å²) in [6.45, 7) is 1.78. The van der Waals surface area contributed by atoms with Crippen molar-refractivity contribution in [1.82, 2.24) is 24.7 Å². The zero-order valence-electron chi connectivity index (χ0n) is 12.0. The normalized spacial score (nSPS) is 10.4. The van der Waals surface area contributed by atoms with E-state index in [-0.39, 0.29) is 5.91 Å². The Morgan fingerprint density at radius 3 is 2.77 bits per heavy atom. The second-order valence-corrected chi connectivity index (χ2v) is 4.51. The molecule has 1 amide bonds. The Bertz CT molecular complexity index is 770. The van der Waals surface area contributed by atoms with Crippen LogP contribution in [0, 0.1) is 0 Å². The summed E-state index contributed by atoms with van der Waals surface area (Å²) in [5.74, 6) is 0.685. The van der Waals surface area contributed by atoms with Gasteiger partial charge in [0.05, 0.1) is 11.4 Å². The molecule has 3 heterocycles. The molecule has 0 radical (unpaired) electrons. The third kappa shape index (κ3) is 2.98. The first-order valence-electron chi connectivity index (χ1n) is 6.86. The number of amides is 1. The van der Waals surface area contributed by atoms with Crippen LogP contribution in [-0.4, -0.2) is 30.6 Å². The Labute approximate surface area is 127 Å². The number of carbonyl (C=O) groups excluding carboxylic acids is 1.